The van der Waals surface area contributed by atoms with Gasteiger partial charge in [0.2, 0.25) is 10.0 Å². The summed E-state index contributed by atoms with van der Waals surface area (Å²) in [7, 11) is -3.47. The average Bonchev–Trinajstić information content (AvgIpc) is 2.71. The molecule has 6 heteroatoms. The van der Waals surface area contributed by atoms with Crippen LogP contribution in [0.5, 0.6) is 0 Å². The monoisotopic (exact) mass is 387 g/mol. The number of nitrogens with zero attached hydrogens (tertiary/aromatic N) is 2. The first-order chi connectivity index (χ1) is 13.1. The molecule has 5 nitrogen and oxygen atoms in total. The number of hydrogen-bond acceptors (Lipinski definition) is 4. The summed E-state index contributed by atoms with van der Waals surface area (Å²) < 4.78 is 27.5. The number of rotatable bonds is 9. The lowest BCUT2D eigenvalue weighted by Gasteiger charge is -2.29. The molecule has 146 valence electrons. The van der Waals surface area contributed by atoms with E-state index < -0.39 is 10.0 Å². The minimum Gasteiger partial charge on any atom is -0.330 e. The topological polar surface area (TPSA) is 66.6 Å². The molecule has 0 bridgehead atoms. The molecule has 0 aliphatic carbocycles. The van der Waals surface area contributed by atoms with Crippen molar-refractivity contribution in [3.63, 3.8) is 0 Å². The molecule has 2 N–H and O–H groups in total. The van der Waals surface area contributed by atoms with Gasteiger partial charge in [0.05, 0.1) is 4.90 Å². The van der Waals surface area contributed by atoms with Crippen molar-refractivity contribution in [1.82, 2.24) is 9.21 Å². The summed E-state index contributed by atoms with van der Waals surface area (Å²) in [6, 6.07) is 17.2. The van der Waals surface area contributed by atoms with E-state index in [4.69, 9.17) is 5.73 Å². The van der Waals surface area contributed by atoms with Gasteiger partial charge in [0.1, 0.15) is 0 Å². The molecule has 0 spiro atoms. The molecule has 1 heterocycles. The molecule has 0 fully saturated rings. The fourth-order valence-corrected chi connectivity index (χ4v) is 5.12. The molecule has 2 aromatic rings. The van der Waals surface area contributed by atoms with Crippen LogP contribution in [-0.2, 0) is 23.0 Å². The molecule has 0 saturated carbocycles. The van der Waals surface area contributed by atoms with Crippen molar-refractivity contribution in [3.8, 4) is 0 Å². The summed E-state index contributed by atoms with van der Waals surface area (Å²) in [5, 5.41) is 0. The van der Waals surface area contributed by atoms with Gasteiger partial charge in [-0.05, 0) is 55.6 Å². The van der Waals surface area contributed by atoms with Crippen molar-refractivity contribution in [3.05, 3.63) is 65.7 Å². The first-order valence-corrected chi connectivity index (χ1v) is 11.1. The van der Waals surface area contributed by atoms with Crippen LogP contribution in [0.4, 0.5) is 0 Å². The van der Waals surface area contributed by atoms with Gasteiger partial charge in [-0.15, -0.1) is 0 Å². The van der Waals surface area contributed by atoms with Gasteiger partial charge in [0.15, 0.2) is 0 Å². The van der Waals surface area contributed by atoms with Crippen molar-refractivity contribution in [2.45, 2.75) is 30.7 Å². The third kappa shape index (κ3) is 5.17. The van der Waals surface area contributed by atoms with Crippen LogP contribution in [0.25, 0.3) is 0 Å². The van der Waals surface area contributed by atoms with E-state index in [9.17, 15) is 8.42 Å². The maximum Gasteiger partial charge on any atom is 0.243 e. The molecule has 27 heavy (non-hydrogen) atoms. The Morgan fingerprint density at radius 3 is 2.33 bits per heavy atom. The highest BCUT2D eigenvalue weighted by Crippen LogP contribution is 2.19. The highest BCUT2D eigenvalue weighted by molar-refractivity contribution is 7.89. The predicted octanol–water partition coefficient (Wildman–Crippen LogP) is 2.47. The van der Waals surface area contributed by atoms with Crippen LogP contribution in [-0.4, -0.2) is 50.3 Å². The summed E-state index contributed by atoms with van der Waals surface area (Å²) >= 11 is 0. The fraction of sp³-hybridized carbons (Fsp3) is 0.429. The van der Waals surface area contributed by atoms with Crippen molar-refractivity contribution < 1.29 is 8.42 Å². The molecule has 0 amide bonds. The van der Waals surface area contributed by atoms with Gasteiger partial charge in [-0.3, -0.25) is 4.90 Å². The van der Waals surface area contributed by atoms with E-state index in [0.717, 1.165) is 32.5 Å². The SMILES string of the molecule is NCCCN(CCCN1CCc2ccccc2C1)S(=O)(=O)c1ccccc1. The van der Waals surface area contributed by atoms with E-state index >= 15 is 0 Å². The molecular formula is C21H29N3O2S. The Bertz CT molecular complexity index is 824. The minimum atomic E-state index is -3.47. The molecule has 0 unspecified atom stereocenters. The van der Waals surface area contributed by atoms with Gasteiger partial charge in [-0.25, -0.2) is 8.42 Å². The highest BCUT2D eigenvalue weighted by Gasteiger charge is 2.24. The third-order valence-corrected chi connectivity index (χ3v) is 7.00. The smallest absolute Gasteiger partial charge is 0.243 e. The number of fused-ring (bicyclic) bond motifs is 1. The van der Waals surface area contributed by atoms with Crippen molar-refractivity contribution >= 4 is 10.0 Å². The molecule has 3 rings (SSSR count). The van der Waals surface area contributed by atoms with Gasteiger partial charge in [0, 0.05) is 26.2 Å². The molecule has 0 saturated heterocycles. The lowest BCUT2D eigenvalue weighted by atomic mass is 10.00. The zero-order valence-corrected chi connectivity index (χ0v) is 16.6. The van der Waals surface area contributed by atoms with Crippen molar-refractivity contribution in [2.24, 2.45) is 5.73 Å². The number of hydrogen-bond donors (Lipinski definition) is 1. The standard InChI is InChI=1S/C21H29N3O2S/c22-13-6-15-24(27(25,26)21-10-2-1-3-11-21)16-7-14-23-17-12-19-8-4-5-9-20(19)18-23/h1-5,8-11H,6-7,12-18,22H2. The maximum absolute atomic E-state index is 13.0. The highest BCUT2D eigenvalue weighted by atomic mass is 32.2. The zero-order chi connectivity index (χ0) is 19.1. The molecule has 1 aliphatic heterocycles. The Balaban J connectivity index is 1.59. The fourth-order valence-electron chi connectivity index (χ4n) is 3.58. The second-order valence-corrected chi connectivity index (χ2v) is 8.95. The van der Waals surface area contributed by atoms with Crippen LogP contribution in [0.15, 0.2) is 59.5 Å². The second-order valence-electron chi connectivity index (χ2n) is 7.01. The lowest BCUT2D eigenvalue weighted by molar-refractivity contribution is 0.241. The Morgan fingerprint density at radius 2 is 1.59 bits per heavy atom. The summed E-state index contributed by atoms with van der Waals surface area (Å²) in [5.74, 6) is 0. The van der Waals surface area contributed by atoms with Crippen LogP contribution in [0.3, 0.4) is 0 Å². The predicted molar refractivity (Wildman–Crippen MR) is 109 cm³/mol. The van der Waals surface area contributed by atoms with Crippen LogP contribution in [0.2, 0.25) is 0 Å². The van der Waals surface area contributed by atoms with Crippen LogP contribution in [0.1, 0.15) is 24.0 Å². The van der Waals surface area contributed by atoms with Crippen LogP contribution < -0.4 is 5.73 Å². The van der Waals surface area contributed by atoms with E-state index in [1.165, 1.54) is 11.1 Å². The quantitative estimate of drug-likeness (QED) is 0.718. The van der Waals surface area contributed by atoms with E-state index in [-0.39, 0.29) is 0 Å². The summed E-state index contributed by atoms with van der Waals surface area (Å²) in [5.41, 5.74) is 8.44. The van der Waals surface area contributed by atoms with Gasteiger partial charge in [0.25, 0.3) is 0 Å². The maximum atomic E-state index is 13.0. The van der Waals surface area contributed by atoms with Gasteiger partial charge >= 0.3 is 0 Å². The molecule has 0 atom stereocenters. The Labute approximate surface area is 162 Å². The summed E-state index contributed by atoms with van der Waals surface area (Å²) in [4.78, 5) is 2.77. The minimum absolute atomic E-state index is 0.355. The van der Waals surface area contributed by atoms with E-state index in [1.54, 1.807) is 28.6 Å². The summed E-state index contributed by atoms with van der Waals surface area (Å²) in [6.07, 6.45) is 2.55. The molecular weight excluding hydrogens is 358 g/mol. The second kappa shape index (κ2) is 9.46. The van der Waals surface area contributed by atoms with Crippen LogP contribution >= 0.6 is 0 Å². The normalized spacial score (nSPS) is 15.0. The Morgan fingerprint density at radius 1 is 0.926 bits per heavy atom. The Hall–Kier alpha value is -1.73. The van der Waals surface area contributed by atoms with Gasteiger partial charge < -0.3 is 5.73 Å². The lowest BCUT2D eigenvalue weighted by Crippen LogP contribution is -2.37. The Kier molecular flexibility index (Phi) is 7.01. The zero-order valence-electron chi connectivity index (χ0n) is 15.8. The molecule has 0 aromatic heterocycles. The number of sulfonamides is 1. The van der Waals surface area contributed by atoms with Gasteiger partial charge in [-0.2, -0.15) is 4.31 Å². The molecule has 0 radical (unpaired) electrons. The first-order valence-electron chi connectivity index (χ1n) is 9.65. The average molecular weight is 388 g/mol. The molecule has 1 aliphatic rings. The van der Waals surface area contributed by atoms with Crippen molar-refractivity contribution in [1.29, 1.82) is 0 Å². The largest absolute Gasteiger partial charge is 0.330 e. The molecule has 2 aromatic carbocycles. The van der Waals surface area contributed by atoms with Gasteiger partial charge in [-0.1, -0.05) is 42.5 Å². The first kappa shape index (κ1) is 20.0. The number of benzene rings is 2. The summed E-state index contributed by atoms with van der Waals surface area (Å²) in [6.45, 7) is 4.36. The van der Waals surface area contributed by atoms with E-state index in [1.807, 2.05) is 6.07 Å². The third-order valence-electron chi connectivity index (χ3n) is 5.08. The van der Waals surface area contributed by atoms with E-state index in [2.05, 4.69) is 29.2 Å². The van der Waals surface area contributed by atoms with Crippen LogP contribution in [0, 0.1) is 0 Å². The van der Waals surface area contributed by atoms with E-state index in [0.29, 0.717) is 31.0 Å². The van der Waals surface area contributed by atoms with Crippen molar-refractivity contribution in [2.75, 3.05) is 32.7 Å². The number of nitrogens with two attached hydrogens (primary N) is 1.